The summed E-state index contributed by atoms with van der Waals surface area (Å²) in [4.78, 5) is 44.7. The van der Waals surface area contributed by atoms with E-state index >= 15 is 0 Å². The SMILES string of the molecule is COC(=O)c1ccc(C2C(C(=O)C=Cc3ccccc3)=C(O)C(=O)N2c2nc3ccc(C)cc3s2)cc1. The lowest BCUT2D eigenvalue weighted by Gasteiger charge is -2.24. The van der Waals surface area contributed by atoms with Crippen molar-refractivity contribution in [2.24, 2.45) is 0 Å². The Kier molecular flexibility index (Phi) is 6.42. The van der Waals surface area contributed by atoms with Gasteiger partial charge in [0.2, 0.25) is 0 Å². The van der Waals surface area contributed by atoms with Gasteiger partial charge in [0.15, 0.2) is 16.7 Å². The van der Waals surface area contributed by atoms with Gasteiger partial charge in [0.05, 0.1) is 34.5 Å². The fourth-order valence-corrected chi connectivity index (χ4v) is 5.33. The molecule has 184 valence electrons. The van der Waals surface area contributed by atoms with Crippen LogP contribution in [0.2, 0.25) is 0 Å². The van der Waals surface area contributed by atoms with Crippen molar-refractivity contribution in [2.75, 3.05) is 12.0 Å². The molecule has 1 aliphatic rings. The van der Waals surface area contributed by atoms with Gasteiger partial charge in [0.25, 0.3) is 5.91 Å². The number of ketones is 1. The minimum absolute atomic E-state index is 0.0570. The van der Waals surface area contributed by atoms with E-state index in [2.05, 4.69) is 4.98 Å². The molecule has 1 unspecified atom stereocenters. The third-order valence-electron chi connectivity index (χ3n) is 6.09. The quantitative estimate of drug-likeness (QED) is 0.269. The van der Waals surface area contributed by atoms with E-state index in [-0.39, 0.29) is 5.57 Å². The van der Waals surface area contributed by atoms with Crippen LogP contribution in [0, 0.1) is 6.92 Å². The molecular formula is C29H22N2O5S. The third kappa shape index (κ3) is 4.54. The summed E-state index contributed by atoms with van der Waals surface area (Å²) < 4.78 is 5.66. The molecule has 0 bridgehead atoms. The predicted octanol–water partition coefficient (Wildman–Crippen LogP) is 5.57. The summed E-state index contributed by atoms with van der Waals surface area (Å²) in [5.74, 6) is -2.35. The number of methoxy groups -OCH3 is 1. The van der Waals surface area contributed by atoms with Crippen LogP contribution in [0.25, 0.3) is 16.3 Å². The van der Waals surface area contributed by atoms with Crippen molar-refractivity contribution in [3.63, 3.8) is 0 Å². The molecule has 3 aromatic carbocycles. The van der Waals surface area contributed by atoms with Crippen molar-refractivity contribution in [1.29, 1.82) is 0 Å². The summed E-state index contributed by atoms with van der Waals surface area (Å²) in [7, 11) is 1.29. The molecule has 1 aliphatic heterocycles. The van der Waals surface area contributed by atoms with Crippen molar-refractivity contribution >= 4 is 50.4 Å². The number of hydrogen-bond donors (Lipinski definition) is 1. The average molecular weight is 511 g/mol. The third-order valence-corrected chi connectivity index (χ3v) is 7.10. The zero-order chi connectivity index (χ0) is 26.1. The molecule has 0 spiro atoms. The molecule has 1 aromatic heterocycles. The van der Waals surface area contributed by atoms with Gasteiger partial charge >= 0.3 is 5.97 Å². The topological polar surface area (TPSA) is 96.8 Å². The van der Waals surface area contributed by atoms with E-state index in [0.717, 1.165) is 15.8 Å². The number of fused-ring (bicyclic) bond motifs is 1. The summed E-state index contributed by atoms with van der Waals surface area (Å²) in [6.45, 7) is 1.97. The largest absolute Gasteiger partial charge is 0.503 e. The number of amides is 1. The monoisotopic (exact) mass is 510 g/mol. The van der Waals surface area contributed by atoms with E-state index in [1.165, 1.54) is 29.4 Å². The molecule has 2 heterocycles. The highest BCUT2D eigenvalue weighted by Crippen LogP contribution is 2.43. The Hall–Kier alpha value is -4.56. The minimum atomic E-state index is -0.936. The number of rotatable bonds is 6. The Morgan fingerprint density at radius 2 is 1.78 bits per heavy atom. The molecule has 1 N–H and O–H groups in total. The molecule has 0 radical (unpaired) electrons. The Bertz CT molecular complexity index is 1590. The minimum Gasteiger partial charge on any atom is -0.503 e. The zero-order valence-electron chi connectivity index (χ0n) is 20.0. The number of aromatic nitrogens is 1. The van der Waals surface area contributed by atoms with Gasteiger partial charge in [-0.15, -0.1) is 0 Å². The number of aryl methyl sites for hydroxylation is 1. The lowest BCUT2D eigenvalue weighted by molar-refractivity contribution is -0.117. The fraction of sp³-hybridized carbons (Fsp3) is 0.103. The van der Waals surface area contributed by atoms with E-state index < -0.39 is 29.5 Å². The second kappa shape index (κ2) is 9.83. The summed E-state index contributed by atoms with van der Waals surface area (Å²) in [5, 5.41) is 11.3. The van der Waals surface area contributed by atoms with Gasteiger partial charge < -0.3 is 9.84 Å². The average Bonchev–Trinajstić information content (AvgIpc) is 3.45. The molecule has 4 aromatic rings. The van der Waals surface area contributed by atoms with E-state index in [4.69, 9.17) is 4.74 Å². The van der Waals surface area contributed by atoms with Crippen molar-refractivity contribution in [3.05, 3.63) is 112 Å². The number of aliphatic hydroxyl groups is 1. The Labute approximate surface area is 217 Å². The second-order valence-corrected chi connectivity index (χ2v) is 9.54. The predicted molar refractivity (Wildman–Crippen MR) is 143 cm³/mol. The first kappa shape index (κ1) is 24.1. The maximum absolute atomic E-state index is 13.4. The highest BCUT2D eigenvalue weighted by molar-refractivity contribution is 7.22. The summed E-state index contributed by atoms with van der Waals surface area (Å²) >= 11 is 1.30. The molecular weight excluding hydrogens is 488 g/mol. The van der Waals surface area contributed by atoms with E-state index in [0.29, 0.717) is 21.8 Å². The van der Waals surface area contributed by atoms with Crippen LogP contribution < -0.4 is 4.90 Å². The van der Waals surface area contributed by atoms with Crippen LogP contribution in [0.15, 0.2) is 90.2 Å². The number of anilines is 1. The summed E-state index contributed by atoms with van der Waals surface area (Å²) in [6, 6.07) is 20.5. The molecule has 5 rings (SSSR count). The maximum atomic E-state index is 13.4. The molecule has 1 atom stereocenters. The molecule has 7 nitrogen and oxygen atoms in total. The van der Waals surface area contributed by atoms with Crippen LogP contribution in [0.3, 0.4) is 0 Å². The number of nitrogens with zero attached hydrogens (tertiary/aromatic N) is 2. The molecule has 0 aliphatic carbocycles. The molecule has 8 heteroatoms. The van der Waals surface area contributed by atoms with Gasteiger partial charge in [0.1, 0.15) is 0 Å². The van der Waals surface area contributed by atoms with Gasteiger partial charge in [-0.1, -0.05) is 65.9 Å². The first-order valence-corrected chi connectivity index (χ1v) is 12.3. The number of thiazole rings is 1. The Balaban J connectivity index is 1.60. The summed E-state index contributed by atoms with van der Waals surface area (Å²) in [6.07, 6.45) is 2.98. The van der Waals surface area contributed by atoms with Crippen LogP contribution in [0.5, 0.6) is 0 Å². The maximum Gasteiger partial charge on any atom is 0.337 e. The van der Waals surface area contributed by atoms with E-state index in [9.17, 15) is 19.5 Å². The van der Waals surface area contributed by atoms with Crippen LogP contribution in [-0.2, 0) is 14.3 Å². The molecule has 0 saturated carbocycles. The number of hydrogen-bond acceptors (Lipinski definition) is 7. The number of carbonyl (C=O) groups excluding carboxylic acids is 3. The number of carbonyl (C=O) groups is 3. The number of benzene rings is 3. The smallest absolute Gasteiger partial charge is 0.337 e. The van der Waals surface area contributed by atoms with Crippen LogP contribution in [0.4, 0.5) is 5.13 Å². The number of aliphatic hydroxyl groups excluding tert-OH is 1. The number of allylic oxidation sites excluding steroid dienone is 1. The number of ether oxygens (including phenoxy) is 1. The molecule has 0 saturated heterocycles. The lowest BCUT2D eigenvalue weighted by atomic mass is 9.95. The first-order chi connectivity index (χ1) is 17.9. The normalized spacial score (nSPS) is 15.7. The highest BCUT2D eigenvalue weighted by atomic mass is 32.1. The zero-order valence-corrected chi connectivity index (χ0v) is 20.9. The van der Waals surface area contributed by atoms with Crippen molar-refractivity contribution in [3.8, 4) is 0 Å². The van der Waals surface area contributed by atoms with E-state index in [1.54, 1.807) is 30.3 Å². The molecule has 0 fully saturated rings. The summed E-state index contributed by atoms with van der Waals surface area (Å²) in [5.41, 5.74) is 3.37. The van der Waals surface area contributed by atoms with Gasteiger partial charge in [-0.2, -0.15) is 0 Å². The Morgan fingerprint density at radius 1 is 1.05 bits per heavy atom. The molecule has 37 heavy (non-hydrogen) atoms. The lowest BCUT2D eigenvalue weighted by Crippen LogP contribution is -2.30. The van der Waals surface area contributed by atoms with Gasteiger partial charge in [-0.3, -0.25) is 14.5 Å². The van der Waals surface area contributed by atoms with Crippen LogP contribution >= 0.6 is 11.3 Å². The second-order valence-electron chi connectivity index (χ2n) is 8.53. The molecule has 1 amide bonds. The standard InChI is InChI=1S/C29H22N2O5S/c1-17-8-14-21-23(16-17)37-29(30-21)31-25(19-10-12-20(13-11-19)28(35)36-2)24(26(33)27(31)34)22(32)15-9-18-6-4-3-5-7-18/h3-16,25,33H,1-2H3. The van der Waals surface area contributed by atoms with E-state index in [1.807, 2.05) is 55.5 Å². The van der Waals surface area contributed by atoms with Gasteiger partial charge in [0, 0.05) is 0 Å². The van der Waals surface area contributed by atoms with Crippen molar-refractivity contribution < 1.29 is 24.2 Å². The first-order valence-electron chi connectivity index (χ1n) is 11.5. The fourth-order valence-electron chi connectivity index (χ4n) is 4.24. The van der Waals surface area contributed by atoms with Gasteiger partial charge in [-0.25, -0.2) is 9.78 Å². The van der Waals surface area contributed by atoms with Crippen molar-refractivity contribution in [1.82, 2.24) is 4.98 Å². The van der Waals surface area contributed by atoms with Crippen LogP contribution in [-0.4, -0.2) is 34.9 Å². The van der Waals surface area contributed by atoms with Crippen LogP contribution in [0.1, 0.15) is 33.1 Å². The number of esters is 1. The van der Waals surface area contributed by atoms with Gasteiger partial charge in [-0.05, 0) is 54.0 Å². The highest BCUT2D eigenvalue weighted by Gasteiger charge is 2.45. The Morgan fingerprint density at radius 3 is 2.49 bits per heavy atom. The van der Waals surface area contributed by atoms with Crippen molar-refractivity contribution in [2.45, 2.75) is 13.0 Å².